The number of nitrogens with zero attached hydrogens (tertiary/aromatic N) is 1. The SMILES string of the molecule is CCCOc1c(Cl)cc(C(=O)NCCN(C)Cc2ccccc2)cc1OC. The van der Waals surface area contributed by atoms with Crippen molar-refractivity contribution < 1.29 is 14.3 Å². The summed E-state index contributed by atoms with van der Waals surface area (Å²) in [6, 6.07) is 13.5. The van der Waals surface area contributed by atoms with Crippen LogP contribution in [-0.4, -0.2) is 44.7 Å². The largest absolute Gasteiger partial charge is 0.493 e. The van der Waals surface area contributed by atoms with Gasteiger partial charge >= 0.3 is 0 Å². The van der Waals surface area contributed by atoms with E-state index in [1.807, 2.05) is 32.2 Å². The molecule has 0 spiro atoms. The zero-order valence-corrected chi connectivity index (χ0v) is 16.9. The van der Waals surface area contributed by atoms with Gasteiger partial charge in [-0.05, 0) is 31.2 Å². The second-order valence-electron chi connectivity index (χ2n) is 6.32. The van der Waals surface area contributed by atoms with Crippen LogP contribution in [0.25, 0.3) is 0 Å². The number of amides is 1. The van der Waals surface area contributed by atoms with Gasteiger partial charge in [0.25, 0.3) is 5.91 Å². The molecular weight excluding hydrogens is 364 g/mol. The Kier molecular flexibility index (Phi) is 8.43. The van der Waals surface area contributed by atoms with Gasteiger partial charge in [0.1, 0.15) is 0 Å². The number of ether oxygens (including phenoxy) is 2. The number of likely N-dealkylation sites (N-methyl/N-ethyl adjacent to an activating group) is 1. The summed E-state index contributed by atoms with van der Waals surface area (Å²) in [6.45, 7) is 4.66. The van der Waals surface area contributed by atoms with Crippen LogP contribution in [0.4, 0.5) is 0 Å². The quantitative estimate of drug-likeness (QED) is 0.666. The van der Waals surface area contributed by atoms with Crippen molar-refractivity contribution in [3.8, 4) is 11.5 Å². The Morgan fingerprint density at radius 3 is 2.63 bits per heavy atom. The number of hydrogen-bond acceptors (Lipinski definition) is 4. The van der Waals surface area contributed by atoms with Crippen molar-refractivity contribution >= 4 is 17.5 Å². The molecule has 27 heavy (non-hydrogen) atoms. The number of carbonyl (C=O) groups excluding carboxylic acids is 1. The van der Waals surface area contributed by atoms with Crippen LogP contribution in [-0.2, 0) is 6.54 Å². The molecule has 0 aliphatic carbocycles. The third-order valence-electron chi connectivity index (χ3n) is 4.02. The van der Waals surface area contributed by atoms with E-state index in [1.165, 1.54) is 12.7 Å². The second kappa shape index (κ2) is 10.8. The molecule has 0 aliphatic rings. The number of rotatable bonds is 10. The lowest BCUT2D eigenvalue weighted by Crippen LogP contribution is -2.32. The minimum absolute atomic E-state index is 0.189. The lowest BCUT2D eigenvalue weighted by atomic mass is 10.2. The van der Waals surface area contributed by atoms with Crippen molar-refractivity contribution in [2.45, 2.75) is 19.9 Å². The molecule has 2 rings (SSSR count). The first-order chi connectivity index (χ1) is 13.0. The zero-order chi connectivity index (χ0) is 19.6. The predicted octanol–water partition coefficient (Wildman–Crippen LogP) is 4.00. The van der Waals surface area contributed by atoms with E-state index in [4.69, 9.17) is 21.1 Å². The van der Waals surface area contributed by atoms with Gasteiger partial charge < -0.3 is 19.7 Å². The Bertz CT molecular complexity index is 738. The number of benzene rings is 2. The second-order valence-corrected chi connectivity index (χ2v) is 6.72. The number of halogens is 1. The van der Waals surface area contributed by atoms with Gasteiger partial charge in [-0.3, -0.25) is 4.79 Å². The van der Waals surface area contributed by atoms with E-state index in [1.54, 1.807) is 12.1 Å². The van der Waals surface area contributed by atoms with Crippen LogP contribution in [0.2, 0.25) is 5.02 Å². The molecule has 0 aliphatic heterocycles. The molecule has 1 N–H and O–H groups in total. The van der Waals surface area contributed by atoms with E-state index in [9.17, 15) is 4.79 Å². The smallest absolute Gasteiger partial charge is 0.251 e. The highest BCUT2D eigenvalue weighted by atomic mass is 35.5. The van der Waals surface area contributed by atoms with Crippen molar-refractivity contribution in [2.24, 2.45) is 0 Å². The molecule has 2 aromatic rings. The molecular formula is C21H27ClN2O3. The minimum Gasteiger partial charge on any atom is -0.493 e. The first-order valence-corrected chi connectivity index (χ1v) is 9.44. The predicted molar refractivity (Wildman–Crippen MR) is 109 cm³/mol. The van der Waals surface area contributed by atoms with Gasteiger partial charge in [0.2, 0.25) is 0 Å². The molecule has 0 heterocycles. The van der Waals surface area contributed by atoms with Gasteiger partial charge in [-0.15, -0.1) is 0 Å². The summed E-state index contributed by atoms with van der Waals surface area (Å²) in [7, 11) is 3.56. The van der Waals surface area contributed by atoms with Crippen molar-refractivity contribution in [3.05, 3.63) is 58.6 Å². The van der Waals surface area contributed by atoms with Gasteiger partial charge in [0, 0.05) is 25.2 Å². The van der Waals surface area contributed by atoms with Crippen molar-refractivity contribution in [1.29, 1.82) is 0 Å². The van der Waals surface area contributed by atoms with Gasteiger partial charge in [-0.25, -0.2) is 0 Å². The fourth-order valence-electron chi connectivity index (χ4n) is 2.63. The summed E-state index contributed by atoms with van der Waals surface area (Å²) >= 11 is 6.27. The van der Waals surface area contributed by atoms with Crippen LogP contribution in [0.3, 0.4) is 0 Å². The maximum Gasteiger partial charge on any atom is 0.251 e. The van der Waals surface area contributed by atoms with Crippen molar-refractivity contribution in [2.75, 3.05) is 33.9 Å². The summed E-state index contributed by atoms with van der Waals surface area (Å²) < 4.78 is 10.9. The molecule has 0 unspecified atom stereocenters. The van der Waals surface area contributed by atoms with E-state index >= 15 is 0 Å². The van der Waals surface area contributed by atoms with Gasteiger partial charge in [-0.2, -0.15) is 0 Å². The average molecular weight is 391 g/mol. The van der Waals surface area contributed by atoms with Gasteiger partial charge in [-0.1, -0.05) is 48.9 Å². The van der Waals surface area contributed by atoms with Crippen molar-refractivity contribution in [1.82, 2.24) is 10.2 Å². The van der Waals surface area contributed by atoms with E-state index in [0.717, 1.165) is 19.5 Å². The summed E-state index contributed by atoms with van der Waals surface area (Å²) in [5.74, 6) is 0.743. The Morgan fingerprint density at radius 1 is 1.22 bits per heavy atom. The fraction of sp³-hybridized carbons (Fsp3) is 0.381. The van der Waals surface area contributed by atoms with Crippen LogP contribution < -0.4 is 14.8 Å². The molecule has 0 saturated heterocycles. The van der Waals surface area contributed by atoms with Crippen molar-refractivity contribution in [3.63, 3.8) is 0 Å². The molecule has 146 valence electrons. The fourth-order valence-corrected chi connectivity index (χ4v) is 2.90. The Labute approximate surface area is 166 Å². The van der Waals surface area contributed by atoms with E-state index in [2.05, 4.69) is 22.3 Å². The number of nitrogens with one attached hydrogen (secondary N) is 1. The van der Waals surface area contributed by atoms with Crippen LogP contribution >= 0.6 is 11.6 Å². The summed E-state index contributed by atoms with van der Waals surface area (Å²) in [5, 5.41) is 3.29. The molecule has 0 bridgehead atoms. The molecule has 6 heteroatoms. The third kappa shape index (κ3) is 6.45. The summed E-state index contributed by atoms with van der Waals surface area (Å²) in [6.07, 6.45) is 0.859. The third-order valence-corrected chi connectivity index (χ3v) is 4.30. The minimum atomic E-state index is -0.189. The summed E-state index contributed by atoms with van der Waals surface area (Å²) in [5.41, 5.74) is 1.69. The van der Waals surface area contributed by atoms with Gasteiger partial charge in [0.05, 0.1) is 18.7 Å². The topological polar surface area (TPSA) is 50.8 Å². The lowest BCUT2D eigenvalue weighted by molar-refractivity contribution is 0.0949. The zero-order valence-electron chi connectivity index (χ0n) is 16.1. The highest BCUT2D eigenvalue weighted by Crippen LogP contribution is 2.36. The van der Waals surface area contributed by atoms with Crippen LogP contribution in [0.15, 0.2) is 42.5 Å². The lowest BCUT2D eigenvalue weighted by Gasteiger charge is -2.17. The van der Waals surface area contributed by atoms with Gasteiger partial charge in [0.15, 0.2) is 11.5 Å². The number of carbonyl (C=O) groups is 1. The normalized spacial score (nSPS) is 10.7. The highest BCUT2D eigenvalue weighted by Gasteiger charge is 2.15. The number of methoxy groups -OCH3 is 1. The monoisotopic (exact) mass is 390 g/mol. The Morgan fingerprint density at radius 2 is 1.96 bits per heavy atom. The molecule has 0 fully saturated rings. The van der Waals surface area contributed by atoms with E-state index in [-0.39, 0.29) is 5.91 Å². The molecule has 0 atom stereocenters. The first-order valence-electron chi connectivity index (χ1n) is 9.06. The molecule has 5 nitrogen and oxygen atoms in total. The Hall–Kier alpha value is -2.24. The first kappa shape index (κ1) is 21.1. The maximum atomic E-state index is 12.4. The molecule has 1 amide bonds. The molecule has 0 radical (unpaired) electrons. The molecule has 2 aromatic carbocycles. The highest BCUT2D eigenvalue weighted by molar-refractivity contribution is 6.32. The standard InChI is InChI=1S/C21H27ClN2O3/c1-4-12-27-20-18(22)13-17(14-19(20)26-3)21(25)23-10-11-24(2)15-16-8-6-5-7-9-16/h5-9,13-14H,4,10-12,15H2,1-3H3,(H,23,25). The van der Waals surface area contributed by atoms with E-state index in [0.29, 0.717) is 35.2 Å². The Balaban J connectivity index is 1.90. The average Bonchev–Trinajstić information content (AvgIpc) is 2.67. The van der Waals surface area contributed by atoms with E-state index < -0.39 is 0 Å². The van der Waals surface area contributed by atoms with Crippen LogP contribution in [0.5, 0.6) is 11.5 Å². The molecule has 0 saturated carbocycles. The number of hydrogen-bond donors (Lipinski definition) is 1. The maximum absolute atomic E-state index is 12.4. The van der Waals surface area contributed by atoms with Crippen LogP contribution in [0, 0.1) is 0 Å². The van der Waals surface area contributed by atoms with Crippen LogP contribution in [0.1, 0.15) is 29.3 Å². The summed E-state index contributed by atoms with van der Waals surface area (Å²) in [4.78, 5) is 14.6. The molecule has 0 aromatic heterocycles.